The van der Waals surface area contributed by atoms with Crippen LogP contribution in [0.25, 0.3) is 0 Å². The normalized spacial score (nSPS) is 15.8. The Labute approximate surface area is 160 Å². The third-order valence-electron chi connectivity index (χ3n) is 4.97. The van der Waals surface area contributed by atoms with Gasteiger partial charge in [-0.05, 0) is 30.9 Å². The Hall–Kier alpha value is -2.82. The summed E-state index contributed by atoms with van der Waals surface area (Å²) in [5.41, 5.74) is 0.978. The van der Waals surface area contributed by atoms with E-state index in [-0.39, 0.29) is 18.9 Å². The molecule has 0 spiro atoms. The van der Waals surface area contributed by atoms with Crippen molar-refractivity contribution >= 4 is 12.0 Å². The first kappa shape index (κ1) is 19.0. The molecule has 0 saturated carbocycles. The zero-order valence-electron chi connectivity index (χ0n) is 15.7. The molecule has 1 atom stereocenters. The Morgan fingerprint density at radius 3 is 2.22 bits per heavy atom. The largest absolute Gasteiger partial charge is 0.445 e. The van der Waals surface area contributed by atoms with Crippen molar-refractivity contribution in [3.05, 3.63) is 71.8 Å². The number of alkyl carbamates (subject to hydrolysis) is 1. The number of hydrogen-bond donors (Lipinski definition) is 1. The summed E-state index contributed by atoms with van der Waals surface area (Å²) in [6.07, 6.45) is 1.76. The van der Waals surface area contributed by atoms with Crippen LogP contribution in [0.15, 0.2) is 60.7 Å². The third-order valence-corrected chi connectivity index (χ3v) is 4.97. The molecule has 5 nitrogen and oxygen atoms in total. The minimum Gasteiger partial charge on any atom is -0.445 e. The van der Waals surface area contributed by atoms with Gasteiger partial charge in [-0.15, -0.1) is 0 Å². The molecule has 1 saturated heterocycles. The lowest BCUT2D eigenvalue weighted by atomic mass is 9.88. The third kappa shape index (κ3) is 5.09. The maximum atomic E-state index is 12.7. The molecule has 1 aliphatic heterocycles. The van der Waals surface area contributed by atoms with Crippen molar-refractivity contribution in [1.82, 2.24) is 10.2 Å². The molecule has 1 fully saturated rings. The van der Waals surface area contributed by atoms with E-state index in [1.807, 2.05) is 72.5 Å². The number of benzene rings is 2. The van der Waals surface area contributed by atoms with Crippen LogP contribution >= 0.6 is 0 Å². The molecule has 5 heteroatoms. The molecule has 1 unspecified atom stereocenters. The number of amides is 2. The van der Waals surface area contributed by atoms with Crippen LogP contribution in [0.3, 0.4) is 0 Å². The molecule has 3 rings (SSSR count). The zero-order chi connectivity index (χ0) is 19.1. The summed E-state index contributed by atoms with van der Waals surface area (Å²) in [6.45, 7) is 3.65. The summed E-state index contributed by atoms with van der Waals surface area (Å²) >= 11 is 0. The van der Waals surface area contributed by atoms with Gasteiger partial charge in [0, 0.05) is 13.1 Å². The topological polar surface area (TPSA) is 58.6 Å². The number of carbonyl (C=O) groups excluding carboxylic acids is 2. The minimum absolute atomic E-state index is 0.0576. The van der Waals surface area contributed by atoms with Crippen LogP contribution in [0.4, 0.5) is 4.79 Å². The minimum atomic E-state index is -0.825. The van der Waals surface area contributed by atoms with Crippen molar-refractivity contribution < 1.29 is 14.3 Å². The van der Waals surface area contributed by atoms with Crippen molar-refractivity contribution in [3.8, 4) is 0 Å². The smallest absolute Gasteiger partial charge is 0.408 e. The van der Waals surface area contributed by atoms with E-state index in [1.54, 1.807) is 0 Å². The quantitative estimate of drug-likeness (QED) is 0.845. The van der Waals surface area contributed by atoms with Gasteiger partial charge in [-0.2, -0.15) is 0 Å². The molecule has 2 aromatic carbocycles. The van der Waals surface area contributed by atoms with Crippen LogP contribution in [0.2, 0.25) is 0 Å². The van der Waals surface area contributed by atoms with Crippen LogP contribution in [0, 0.1) is 0 Å². The number of ether oxygens (including phenoxy) is 1. The SMILES string of the molecule is CC(CC(=O)N1CCCC1)(NC(=O)OCc1ccccc1)c1ccccc1. The first-order valence-electron chi connectivity index (χ1n) is 9.39. The fourth-order valence-electron chi connectivity index (χ4n) is 3.39. The van der Waals surface area contributed by atoms with Gasteiger partial charge in [0.25, 0.3) is 0 Å². The summed E-state index contributed by atoms with van der Waals surface area (Å²) in [7, 11) is 0. The summed E-state index contributed by atoms with van der Waals surface area (Å²) < 4.78 is 5.38. The lowest BCUT2D eigenvalue weighted by molar-refractivity contribution is -0.131. The Morgan fingerprint density at radius 2 is 1.59 bits per heavy atom. The summed E-state index contributed by atoms with van der Waals surface area (Å²) in [5, 5.41) is 2.93. The molecular weight excluding hydrogens is 340 g/mol. The van der Waals surface area contributed by atoms with Crippen LogP contribution in [0.5, 0.6) is 0 Å². The van der Waals surface area contributed by atoms with Gasteiger partial charge in [-0.1, -0.05) is 60.7 Å². The van der Waals surface area contributed by atoms with E-state index >= 15 is 0 Å². The molecule has 2 aromatic rings. The van der Waals surface area contributed by atoms with E-state index in [1.165, 1.54) is 0 Å². The highest BCUT2D eigenvalue weighted by Gasteiger charge is 2.34. The van der Waals surface area contributed by atoms with Gasteiger partial charge in [-0.25, -0.2) is 4.79 Å². The van der Waals surface area contributed by atoms with E-state index in [0.29, 0.717) is 0 Å². The maximum absolute atomic E-state index is 12.7. The van der Waals surface area contributed by atoms with E-state index in [2.05, 4.69) is 5.32 Å². The van der Waals surface area contributed by atoms with Crippen LogP contribution < -0.4 is 5.32 Å². The molecular formula is C22H26N2O3. The van der Waals surface area contributed by atoms with Crippen molar-refractivity contribution in [2.75, 3.05) is 13.1 Å². The number of carbonyl (C=O) groups is 2. The summed E-state index contributed by atoms with van der Waals surface area (Å²) in [5.74, 6) is 0.0576. The number of likely N-dealkylation sites (tertiary alicyclic amines) is 1. The monoisotopic (exact) mass is 366 g/mol. The predicted molar refractivity (Wildman–Crippen MR) is 104 cm³/mol. The Morgan fingerprint density at radius 1 is 1.00 bits per heavy atom. The number of nitrogens with zero attached hydrogens (tertiary/aromatic N) is 1. The fraction of sp³-hybridized carbons (Fsp3) is 0.364. The standard InChI is InChI=1S/C22H26N2O3/c1-22(19-12-6-3-7-13-19,16-20(25)24-14-8-9-15-24)23-21(26)27-17-18-10-4-2-5-11-18/h2-7,10-13H,8-9,14-17H2,1H3,(H,23,26). The Kier molecular flexibility index (Phi) is 6.12. The van der Waals surface area contributed by atoms with Gasteiger partial charge in [0.05, 0.1) is 12.0 Å². The fourth-order valence-corrected chi connectivity index (χ4v) is 3.39. The molecule has 0 radical (unpaired) electrons. The summed E-state index contributed by atoms with van der Waals surface area (Å²) in [4.78, 5) is 27.1. The molecule has 0 bridgehead atoms. The van der Waals surface area contributed by atoms with Gasteiger partial charge in [0.15, 0.2) is 0 Å². The van der Waals surface area contributed by atoms with E-state index < -0.39 is 11.6 Å². The first-order valence-corrected chi connectivity index (χ1v) is 9.39. The molecule has 27 heavy (non-hydrogen) atoms. The molecule has 2 amide bonds. The van der Waals surface area contributed by atoms with Gasteiger partial charge in [0.1, 0.15) is 6.61 Å². The molecule has 1 heterocycles. The van der Waals surface area contributed by atoms with E-state index in [9.17, 15) is 9.59 Å². The average molecular weight is 366 g/mol. The number of rotatable bonds is 6. The van der Waals surface area contributed by atoms with Crippen molar-refractivity contribution in [3.63, 3.8) is 0 Å². The lowest BCUT2D eigenvalue weighted by Gasteiger charge is -2.32. The predicted octanol–water partition coefficient (Wildman–Crippen LogP) is 3.84. The maximum Gasteiger partial charge on any atom is 0.408 e. The highest BCUT2D eigenvalue weighted by Crippen LogP contribution is 2.27. The average Bonchev–Trinajstić information content (AvgIpc) is 3.23. The van der Waals surface area contributed by atoms with Gasteiger partial charge >= 0.3 is 6.09 Å². The molecule has 1 aliphatic rings. The highest BCUT2D eigenvalue weighted by atomic mass is 16.5. The zero-order valence-corrected chi connectivity index (χ0v) is 15.7. The van der Waals surface area contributed by atoms with Gasteiger partial charge in [-0.3, -0.25) is 4.79 Å². The number of nitrogens with one attached hydrogen (secondary N) is 1. The van der Waals surface area contributed by atoms with Crippen LogP contribution in [-0.2, 0) is 21.7 Å². The lowest BCUT2D eigenvalue weighted by Crippen LogP contribution is -2.47. The van der Waals surface area contributed by atoms with Crippen molar-refractivity contribution in [2.45, 2.75) is 38.3 Å². The second kappa shape index (κ2) is 8.71. The van der Waals surface area contributed by atoms with E-state index in [4.69, 9.17) is 4.74 Å². The molecule has 1 N–H and O–H groups in total. The second-order valence-electron chi connectivity index (χ2n) is 7.15. The first-order chi connectivity index (χ1) is 13.1. The molecule has 0 aliphatic carbocycles. The van der Waals surface area contributed by atoms with Crippen LogP contribution in [-0.4, -0.2) is 30.0 Å². The highest BCUT2D eigenvalue weighted by molar-refractivity contribution is 5.79. The van der Waals surface area contributed by atoms with Crippen LogP contribution in [0.1, 0.15) is 37.3 Å². The number of hydrogen-bond acceptors (Lipinski definition) is 3. The summed E-state index contributed by atoms with van der Waals surface area (Å²) in [6, 6.07) is 19.1. The van der Waals surface area contributed by atoms with Crippen molar-refractivity contribution in [2.24, 2.45) is 0 Å². The molecule has 0 aromatic heterocycles. The van der Waals surface area contributed by atoms with Gasteiger partial charge in [0.2, 0.25) is 5.91 Å². The molecule has 142 valence electrons. The Balaban J connectivity index is 1.69. The van der Waals surface area contributed by atoms with E-state index in [0.717, 1.165) is 37.1 Å². The van der Waals surface area contributed by atoms with Gasteiger partial charge < -0.3 is 15.0 Å². The Bertz CT molecular complexity index is 758. The van der Waals surface area contributed by atoms with Crippen molar-refractivity contribution in [1.29, 1.82) is 0 Å². The second-order valence-corrected chi connectivity index (χ2v) is 7.15.